The van der Waals surface area contributed by atoms with Crippen molar-refractivity contribution in [3.05, 3.63) is 35.4 Å². The molecule has 0 fully saturated rings. The van der Waals surface area contributed by atoms with Gasteiger partial charge in [-0.1, -0.05) is 19.9 Å². The number of rotatable bonds is 5. The van der Waals surface area contributed by atoms with Crippen LogP contribution in [0, 0.1) is 17.6 Å². The van der Waals surface area contributed by atoms with Crippen LogP contribution < -0.4 is 5.73 Å². The number of benzene rings is 1. The molecule has 1 aromatic rings. The van der Waals surface area contributed by atoms with E-state index >= 15 is 0 Å². The highest BCUT2D eigenvalue weighted by molar-refractivity contribution is 5.22. The van der Waals surface area contributed by atoms with E-state index in [1.54, 1.807) is 0 Å². The van der Waals surface area contributed by atoms with Gasteiger partial charge in [0.2, 0.25) is 0 Å². The molecular formula is C13H19F2NO. The Balaban J connectivity index is 2.71. The van der Waals surface area contributed by atoms with Crippen LogP contribution in [-0.4, -0.2) is 11.2 Å². The minimum Gasteiger partial charge on any atom is -0.391 e. The minimum atomic E-state index is -0.811. The van der Waals surface area contributed by atoms with Crippen LogP contribution in [-0.2, 0) is 0 Å². The highest BCUT2D eigenvalue weighted by Crippen LogP contribution is 2.22. The lowest BCUT2D eigenvalue weighted by Crippen LogP contribution is -2.27. The van der Waals surface area contributed by atoms with Crippen molar-refractivity contribution in [2.24, 2.45) is 11.7 Å². The first-order chi connectivity index (χ1) is 7.91. The standard InChI is InChI=1S/C13H19F2NO/c1-8(2)3-6-12(17)13(16)10-5-4-9(14)7-11(10)15/h4-5,7-8,12-13,17H,3,6,16H2,1-2H3/t12-,13+/m1/s1. The third-order valence-corrected chi connectivity index (χ3v) is 2.78. The molecule has 2 atom stereocenters. The van der Waals surface area contributed by atoms with Crippen LogP contribution in [0.5, 0.6) is 0 Å². The van der Waals surface area contributed by atoms with Gasteiger partial charge in [-0.3, -0.25) is 0 Å². The van der Waals surface area contributed by atoms with E-state index in [0.717, 1.165) is 18.6 Å². The van der Waals surface area contributed by atoms with Gasteiger partial charge >= 0.3 is 0 Å². The van der Waals surface area contributed by atoms with Crippen LogP contribution in [0.3, 0.4) is 0 Å². The van der Waals surface area contributed by atoms with Gasteiger partial charge in [0.15, 0.2) is 0 Å². The van der Waals surface area contributed by atoms with E-state index in [1.165, 1.54) is 6.07 Å². The molecule has 0 saturated carbocycles. The Hall–Kier alpha value is -1.00. The van der Waals surface area contributed by atoms with Crippen LogP contribution >= 0.6 is 0 Å². The first-order valence-corrected chi connectivity index (χ1v) is 5.80. The number of halogens is 2. The summed E-state index contributed by atoms with van der Waals surface area (Å²) >= 11 is 0. The van der Waals surface area contributed by atoms with Crippen molar-refractivity contribution in [3.8, 4) is 0 Å². The number of hydrogen-bond acceptors (Lipinski definition) is 2. The van der Waals surface area contributed by atoms with Gasteiger partial charge in [-0.2, -0.15) is 0 Å². The van der Waals surface area contributed by atoms with Gasteiger partial charge in [-0.05, 0) is 24.8 Å². The van der Waals surface area contributed by atoms with Gasteiger partial charge in [0.25, 0.3) is 0 Å². The molecule has 0 aliphatic rings. The van der Waals surface area contributed by atoms with Crippen molar-refractivity contribution >= 4 is 0 Å². The molecule has 0 heterocycles. The maximum atomic E-state index is 13.4. The molecule has 3 N–H and O–H groups in total. The lowest BCUT2D eigenvalue weighted by Gasteiger charge is -2.20. The average Bonchev–Trinajstić information content (AvgIpc) is 2.25. The van der Waals surface area contributed by atoms with E-state index < -0.39 is 23.8 Å². The quantitative estimate of drug-likeness (QED) is 0.835. The van der Waals surface area contributed by atoms with E-state index in [4.69, 9.17) is 5.73 Å². The van der Waals surface area contributed by atoms with Crippen LogP contribution in [0.2, 0.25) is 0 Å². The van der Waals surface area contributed by atoms with Crippen molar-refractivity contribution in [3.63, 3.8) is 0 Å². The van der Waals surface area contributed by atoms with Crippen molar-refractivity contribution in [2.75, 3.05) is 0 Å². The molecule has 4 heteroatoms. The molecule has 0 aromatic heterocycles. The molecule has 0 radical (unpaired) electrons. The summed E-state index contributed by atoms with van der Waals surface area (Å²) in [6, 6.07) is 2.40. The van der Waals surface area contributed by atoms with Crippen LogP contribution in [0.15, 0.2) is 18.2 Å². The van der Waals surface area contributed by atoms with E-state index in [-0.39, 0.29) is 5.56 Å². The zero-order valence-electron chi connectivity index (χ0n) is 10.2. The summed E-state index contributed by atoms with van der Waals surface area (Å²) in [6.45, 7) is 4.08. The summed E-state index contributed by atoms with van der Waals surface area (Å²) in [7, 11) is 0. The smallest absolute Gasteiger partial charge is 0.130 e. The van der Waals surface area contributed by atoms with Crippen molar-refractivity contribution < 1.29 is 13.9 Å². The van der Waals surface area contributed by atoms with Crippen molar-refractivity contribution in [2.45, 2.75) is 38.8 Å². The molecule has 0 unspecified atom stereocenters. The number of nitrogens with two attached hydrogens (primary N) is 1. The molecule has 2 nitrogen and oxygen atoms in total. The Labute approximate surface area is 100 Å². The maximum Gasteiger partial charge on any atom is 0.130 e. The fraction of sp³-hybridized carbons (Fsp3) is 0.538. The molecule has 0 aliphatic heterocycles. The zero-order valence-corrected chi connectivity index (χ0v) is 10.2. The molecule has 0 spiro atoms. The van der Waals surface area contributed by atoms with Gasteiger partial charge in [0.1, 0.15) is 11.6 Å². The summed E-state index contributed by atoms with van der Waals surface area (Å²) in [4.78, 5) is 0. The molecular weight excluding hydrogens is 224 g/mol. The Morgan fingerprint density at radius 1 is 1.24 bits per heavy atom. The Kier molecular flexibility index (Phi) is 5.02. The third-order valence-electron chi connectivity index (χ3n) is 2.78. The van der Waals surface area contributed by atoms with Crippen molar-refractivity contribution in [1.82, 2.24) is 0 Å². The van der Waals surface area contributed by atoms with Crippen molar-refractivity contribution in [1.29, 1.82) is 0 Å². The summed E-state index contributed by atoms with van der Waals surface area (Å²) < 4.78 is 26.2. The average molecular weight is 243 g/mol. The highest BCUT2D eigenvalue weighted by atomic mass is 19.1. The number of aliphatic hydroxyl groups excluding tert-OH is 1. The topological polar surface area (TPSA) is 46.2 Å². The fourth-order valence-electron chi connectivity index (χ4n) is 1.66. The molecule has 17 heavy (non-hydrogen) atoms. The second kappa shape index (κ2) is 6.07. The van der Waals surface area contributed by atoms with Crippen LogP contribution in [0.25, 0.3) is 0 Å². The summed E-state index contributed by atoms with van der Waals surface area (Å²) in [6.07, 6.45) is 0.519. The zero-order chi connectivity index (χ0) is 13.0. The summed E-state index contributed by atoms with van der Waals surface area (Å²) in [5.41, 5.74) is 5.92. The molecule has 1 rings (SSSR count). The minimum absolute atomic E-state index is 0.155. The summed E-state index contributed by atoms with van der Waals surface area (Å²) in [5.74, 6) is -0.897. The van der Waals surface area contributed by atoms with Crippen LogP contribution in [0.1, 0.15) is 38.3 Å². The summed E-state index contributed by atoms with van der Waals surface area (Å²) in [5, 5.41) is 9.83. The number of aliphatic hydroxyl groups is 1. The second-order valence-electron chi connectivity index (χ2n) is 4.73. The largest absolute Gasteiger partial charge is 0.391 e. The molecule has 96 valence electrons. The Bertz CT molecular complexity index is 368. The lowest BCUT2D eigenvalue weighted by molar-refractivity contribution is 0.127. The van der Waals surface area contributed by atoms with Gasteiger partial charge in [-0.15, -0.1) is 0 Å². The molecule has 0 bridgehead atoms. The lowest BCUT2D eigenvalue weighted by atomic mass is 9.96. The molecule has 0 amide bonds. The van der Waals surface area contributed by atoms with E-state index in [9.17, 15) is 13.9 Å². The monoisotopic (exact) mass is 243 g/mol. The van der Waals surface area contributed by atoms with E-state index in [1.807, 2.05) is 13.8 Å². The van der Waals surface area contributed by atoms with E-state index in [2.05, 4.69) is 0 Å². The second-order valence-corrected chi connectivity index (χ2v) is 4.73. The van der Waals surface area contributed by atoms with E-state index in [0.29, 0.717) is 12.3 Å². The van der Waals surface area contributed by atoms with Gasteiger partial charge in [-0.25, -0.2) is 8.78 Å². The Morgan fingerprint density at radius 3 is 2.41 bits per heavy atom. The van der Waals surface area contributed by atoms with Crippen LogP contribution in [0.4, 0.5) is 8.78 Å². The van der Waals surface area contributed by atoms with Gasteiger partial charge in [0, 0.05) is 11.6 Å². The predicted molar refractivity (Wildman–Crippen MR) is 63.4 cm³/mol. The molecule has 1 aromatic carbocycles. The normalized spacial score (nSPS) is 15.0. The highest BCUT2D eigenvalue weighted by Gasteiger charge is 2.20. The van der Waals surface area contributed by atoms with Gasteiger partial charge < -0.3 is 10.8 Å². The SMILES string of the molecule is CC(C)CC[C@@H](O)[C@@H](N)c1ccc(F)cc1F. The Morgan fingerprint density at radius 2 is 1.88 bits per heavy atom. The fourth-order valence-corrected chi connectivity index (χ4v) is 1.66. The number of hydrogen-bond donors (Lipinski definition) is 2. The third kappa shape index (κ3) is 4.06. The van der Waals surface area contributed by atoms with Gasteiger partial charge in [0.05, 0.1) is 12.1 Å². The maximum absolute atomic E-state index is 13.4. The first-order valence-electron chi connectivity index (χ1n) is 5.80. The first kappa shape index (κ1) is 14.1. The molecule has 0 aliphatic carbocycles. The predicted octanol–water partition coefficient (Wildman–Crippen LogP) is 2.76. The molecule has 0 saturated heterocycles.